The number of non-ortho nitro benzene ring substituents is 1. The molecule has 0 aromatic heterocycles. The maximum absolute atomic E-state index is 11.8. The second-order valence-corrected chi connectivity index (χ2v) is 7.77. The minimum Gasteiger partial charge on any atom is -0.444 e. The third kappa shape index (κ3) is 5.36. The summed E-state index contributed by atoms with van der Waals surface area (Å²) in [6, 6.07) is 4.81. The second-order valence-electron chi connectivity index (χ2n) is 6.92. The van der Waals surface area contributed by atoms with E-state index >= 15 is 0 Å². The third-order valence-electron chi connectivity index (χ3n) is 3.67. The average Bonchev–Trinajstić information content (AvgIpc) is 2.85. The number of alkyl carbamates (subject to hydrolysis) is 1. The number of carbonyl (C=O) groups is 1. The molecule has 0 saturated heterocycles. The molecule has 1 aliphatic carbocycles. The van der Waals surface area contributed by atoms with Crippen LogP contribution in [-0.2, 0) is 4.74 Å². The molecule has 132 valence electrons. The van der Waals surface area contributed by atoms with Gasteiger partial charge in [-0.25, -0.2) is 4.79 Å². The fourth-order valence-corrected chi connectivity index (χ4v) is 3.04. The van der Waals surface area contributed by atoms with E-state index in [2.05, 4.69) is 26.6 Å². The Morgan fingerprint density at radius 2 is 2.00 bits per heavy atom. The number of ether oxygens (including phenoxy) is 1. The number of amides is 1. The molecule has 1 fully saturated rings. The highest BCUT2D eigenvalue weighted by Crippen LogP contribution is 2.31. The quantitative estimate of drug-likeness (QED) is 0.583. The molecule has 0 aliphatic heterocycles. The molecular formula is C16H22BrN3O4. The molecule has 0 heterocycles. The molecule has 1 saturated carbocycles. The summed E-state index contributed by atoms with van der Waals surface area (Å²) in [6.45, 7) is 5.47. The predicted molar refractivity (Wildman–Crippen MR) is 95.2 cm³/mol. The van der Waals surface area contributed by atoms with Crippen LogP contribution in [0.2, 0.25) is 0 Å². The van der Waals surface area contributed by atoms with Gasteiger partial charge in [-0.05, 0) is 62.0 Å². The van der Waals surface area contributed by atoms with Crippen molar-refractivity contribution in [3.05, 3.63) is 32.8 Å². The van der Waals surface area contributed by atoms with E-state index in [0.717, 1.165) is 23.7 Å². The minimum atomic E-state index is -0.520. The van der Waals surface area contributed by atoms with Gasteiger partial charge in [0.15, 0.2) is 0 Å². The van der Waals surface area contributed by atoms with E-state index < -0.39 is 16.6 Å². The van der Waals surface area contributed by atoms with E-state index in [0.29, 0.717) is 5.69 Å². The first-order valence-corrected chi connectivity index (χ1v) is 8.63. The standard InChI is InChI=1S/C16H22BrN3O4/c1-16(2,3)24-15(21)19-11-5-4-10(8-11)18-14-9-12(20(22)23)6-7-13(14)17/h6-7,9-11,18H,4-5,8H2,1-3H3,(H,19,21). The zero-order valence-electron chi connectivity index (χ0n) is 14.0. The lowest BCUT2D eigenvalue weighted by atomic mass is 10.2. The van der Waals surface area contributed by atoms with Crippen molar-refractivity contribution in [3.8, 4) is 0 Å². The lowest BCUT2D eigenvalue weighted by Gasteiger charge is -2.22. The molecule has 2 unspecified atom stereocenters. The highest BCUT2D eigenvalue weighted by molar-refractivity contribution is 9.10. The lowest BCUT2D eigenvalue weighted by Crippen LogP contribution is -2.38. The predicted octanol–water partition coefficient (Wildman–Crippen LogP) is 4.22. The summed E-state index contributed by atoms with van der Waals surface area (Å²) in [5.41, 5.74) is 0.211. The van der Waals surface area contributed by atoms with Gasteiger partial charge in [-0.2, -0.15) is 0 Å². The Kier molecular flexibility index (Phi) is 5.69. The summed E-state index contributed by atoms with van der Waals surface area (Å²) in [4.78, 5) is 22.3. The summed E-state index contributed by atoms with van der Waals surface area (Å²) in [6.07, 6.45) is 2.04. The monoisotopic (exact) mass is 399 g/mol. The number of nitrogens with one attached hydrogen (secondary N) is 2. The van der Waals surface area contributed by atoms with Crippen LogP contribution in [-0.4, -0.2) is 28.7 Å². The molecule has 2 atom stereocenters. The van der Waals surface area contributed by atoms with Gasteiger partial charge in [0, 0.05) is 28.7 Å². The number of hydrogen-bond donors (Lipinski definition) is 2. The number of benzene rings is 1. The summed E-state index contributed by atoms with van der Waals surface area (Å²) >= 11 is 3.40. The van der Waals surface area contributed by atoms with Crippen LogP contribution in [0.1, 0.15) is 40.0 Å². The van der Waals surface area contributed by atoms with E-state index in [1.165, 1.54) is 12.1 Å². The van der Waals surface area contributed by atoms with Gasteiger partial charge in [0.25, 0.3) is 5.69 Å². The van der Waals surface area contributed by atoms with E-state index in [1.54, 1.807) is 6.07 Å². The average molecular weight is 400 g/mol. The summed E-state index contributed by atoms with van der Waals surface area (Å²) < 4.78 is 6.04. The number of nitro groups is 1. The first-order chi connectivity index (χ1) is 11.1. The van der Waals surface area contributed by atoms with Crippen LogP contribution in [0.5, 0.6) is 0 Å². The van der Waals surface area contributed by atoms with Crippen LogP contribution in [0.4, 0.5) is 16.2 Å². The lowest BCUT2D eigenvalue weighted by molar-refractivity contribution is -0.384. The second kappa shape index (κ2) is 7.38. The van der Waals surface area contributed by atoms with Gasteiger partial charge in [0.2, 0.25) is 0 Å². The van der Waals surface area contributed by atoms with E-state index in [1.807, 2.05) is 20.8 Å². The highest BCUT2D eigenvalue weighted by atomic mass is 79.9. The highest BCUT2D eigenvalue weighted by Gasteiger charge is 2.28. The molecule has 24 heavy (non-hydrogen) atoms. The molecule has 2 rings (SSSR count). The van der Waals surface area contributed by atoms with Gasteiger partial charge in [-0.3, -0.25) is 10.1 Å². The zero-order valence-corrected chi connectivity index (χ0v) is 15.6. The molecule has 1 amide bonds. The largest absolute Gasteiger partial charge is 0.444 e. The molecule has 1 aromatic rings. The maximum Gasteiger partial charge on any atom is 0.407 e. The van der Waals surface area contributed by atoms with Gasteiger partial charge >= 0.3 is 6.09 Å². The van der Waals surface area contributed by atoms with Crippen molar-refractivity contribution >= 4 is 33.4 Å². The number of nitro benzene ring substituents is 1. The molecule has 7 nitrogen and oxygen atoms in total. The Labute approximate surface area is 149 Å². The SMILES string of the molecule is CC(C)(C)OC(=O)NC1CCC(Nc2cc([N+](=O)[O-])ccc2Br)C1. The van der Waals surface area contributed by atoms with Crippen LogP contribution in [0.15, 0.2) is 22.7 Å². The van der Waals surface area contributed by atoms with Crippen molar-refractivity contribution < 1.29 is 14.5 Å². The van der Waals surface area contributed by atoms with Crippen LogP contribution >= 0.6 is 15.9 Å². The van der Waals surface area contributed by atoms with Crippen LogP contribution in [0, 0.1) is 10.1 Å². The van der Waals surface area contributed by atoms with Gasteiger partial charge in [0.05, 0.1) is 10.6 Å². The maximum atomic E-state index is 11.8. The number of rotatable bonds is 4. The van der Waals surface area contributed by atoms with Crippen molar-refractivity contribution in [2.24, 2.45) is 0 Å². The summed E-state index contributed by atoms with van der Waals surface area (Å²) in [7, 11) is 0. The molecule has 2 N–H and O–H groups in total. The number of hydrogen-bond acceptors (Lipinski definition) is 5. The first kappa shape index (κ1) is 18.5. The summed E-state index contributed by atoms with van der Waals surface area (Å²) in [5.74, 6) is 0. The molecule has 1 aliphatic rings. The van der Waals surface area contributed by atoms with Gasteiger partial charge in [-0.1, -0.05) is 0 Å². The van der Waals surface area contributed by atoms with Crippen LogP contribution in [0.25, 0.3) is 0 Å². The Morgan fingerprint density at radius 3 is 2.62 bits per heavy atom. The zero-order chi connectivity index (χ0) is 17.9. The molecule has 0 bridgehead atoms. The van der Waals surface area contributed by atoms with Crippen molar-refractivity contribution in [2.45, 2.75) is 57.7 Å². The van der Waals surface area contributed by atoms with E-state index in [9.17, 15) is 14.9 Å². The van der Waals surface area contributed by atoms with E-state index in [-0.39, 0.29) is 17.8 Å². The fraction of sp³-hybridized carbons (Fsp3) is 0.562. The normalized spacial score (nSPS) is 20.5. The molecule has 1 aromatic carbocycles. The van der Waals surface area contributed by atoms with Gasteiger partial charge in [0.1, 0.15) is 5.60 Å². The Balaban J connectivity index is 1.91. The Morgan fingerprint density at radius 1 is 1.33 bits per heavy atom. The van der Waals surface area contributed by atoms with Crippen molar-refractivity contribution in [3.63, 3.8) is 0 Å². The Bertz CT molecular complexity index is 630. The van der Waals surface area contributed by atoms with Crippen molar-refractivity contribution in [2.75, 3.05) is 5.32 Å². The molecular weight excluding hydrogens is 378 g/mol. The van der Waals surface area contributed by atoms with Crippen molar-refractivity contribution in [1.29, 1.82) is 0 Å². The number of anilines is 1. The fourth-order valence-electron chi connectivity index (χ4n) is 2.68. The molecule has 8 heteroatoms. The number of halogens is 1. The topological polar surface area (TPSA) is 93.5 Å². The van der Waals surface area contributed by atoms with Crippen molar-refractivity contribution in [1.82, 2.24) is 5.32 Å². The van der Waals surface area contributed by atoms with E-state index in [4.69, 9.17) is 4.74 Å². The number of carbonyl (C=O) groups excluding carboxylic acids is 1. The molecule has 0 spiro atoms. The smallest absolute Gasteiger partial charge is 0.407 e. The Hall–Kier alpha value is -1.83. The van der Waals surface area contributed by atoms with Gasteiger partial charge < -0.3 is 15.4 Å². The number of nitrogens with zero attached hydrogens (tertiary/aromatic N) is 1. The molecule has 0 radical (unpaired) electrons. The summed E-state index contributed by atoms with van der Waals surface area (Å²) in [5, 5.41) is 17.1. The van der Waals surface area contributed by atoms with Crippen LogP contribution in [0.3, 0.4) is 0 Å². The van der Waals surface area contributed by atoms with Crippen LogP contribution < -0.4 is 10.6 Å². The first-order valence-electron chi connectivity index (χ1n) is 7.84. The van der Waals surface area contributed by atoms with Gasteiger partial charge in [-0.15, -0.1) is 0 Å². The third-order valence-corrected chi connectivity index (χ3v) is 4.37. The minimum absolute atomic E-state index is 0.0369.